The molecule has 3 N–H and O–H groups in total. The smallest absolute Gasteiger partial charge is 0.237 e. The number of nitrogen functional groups attached to an aromatic ring is 1. The molecule has 1 aromatic carbocycles. The number of unbranched alkanes of at least 4 members (excludes halogenated alkanes) is 4. The van der Waals surface area contributed by atoms with Crippen LogP contribution in [0.4, 0.5) is 5.69 Å². The standard InChI is InChI=1S/C18H26N2O2/c1-2-3-4-5-6-12-18(13-11-16(21)20-17(18)22)14-7-9-15(19)10-8-14/h7-10H,2-6,11-13,19H2,1H3,(H,20,21,22)/t18-/m0/s1. The van der Waals surface area contributed by atoms with Crippen molar-refractivity contribution in [3.63, 3.8) is 0 Å². The van der Waals surface area contributed by atoms with Crippen molar-refractivity contribution in [1.29, 1.82) is 0 Å². The predicted molar refractivity (Wildman–Crippen MR) is 88.3 cm³/mol. The Bertz CT molecular complexity index is 524. The first-order chi connectivity index (χ1) is 10.6. The highest BCUT2D eigenvalue weighted by Gasteiger charge is 2.43. The van der Waals surface area contributed by atoms with E-state index in [-0.39, 0.29) is 11.8 Å². The van der Waals surface area contributed by atoms with Crippen molar-refractivity contribution in [3.05, 3.63) is 29.8 Å². The molecule has 120 valence electrons. The number of rotatable bonds is 7. The van der Waals surface area contributed by atoms with Crippen LogP contribution < -0.4 is 11.1 Å². The average Bonchev–Trinajstić information content (AvgIpc) is 2.50. The number of piperidine rings is 1. The van der Waals surface area contributed by atoms with Crippen LogP contribution in [0.25, 0.3) is 0 Å². The summed E-state index contributed by atoms with van der Waals surface area (Å²) >= 11 is 0. The van der Waals surface area contributed by atoms with Crippen molar-refractivity contribution in [2.75, 3.05) is 5.73 Å². The van der Waals surface area contributed by atoms with Gasteiger partial charge in [-0.2, -0.15) is 0 Å². The SMILES string of the molecule is CCCCCCC[C@@]1(c2ccc(N)cc2)CCC(=O)NC1=O. The Labute approximate surface area is 132 Å². The second kappa shape index (κ2) is 7.43. The van der Waals surface area contributed by atoms with E-state index < -0.39 is 5.41 Å². The number of imide groups is 1. The molecule has 0 radical (unpaired) electrons. The predicted octanol–water partition coefficient (Wildman–Crippen LogP) is 3.30. The summed E-state index contributed by atoms with van der Waals surface area (Å²) in [5.74, 6) is -0.314. The fraction of sp³-hybridized carbons (Fsp3) is 0.556. The van der Waals surface area contributed by atoms with Gasteiger partial charge in [-0.25, -0.2) is 0 Å². The Kier molecular flexibility index (Phi) is 5.58. The van der Waals surface area contributed by atoms with Crippen LogP contribution in [0.3, 0.4) is 0 Å². The summed E-state index contributed by atoms with van der Waals surface area (Å²) in [6.07, 6.45) is 7.57. The molecule has 1 fully saturated rings. The van der Waals surface area contributed by atoms with Crippen molar-refractivity contribution in [3.8, 4) is 0 Å². The Hall–Kier alpha value is -1.84. The zero-order valence-electron chi connectivity index (χ0n) is 13.4. The molecule has 4 nitrogen and oxygen atoms in total. The minimum Gasteiger partial charge on any atom is -0.399 e. The second-order valence-electron chi connectivity index (χ2n) is 6.25. The first-order valence-corrected chi connectivity index (χ1v) is 8.29. The van der Waals surface area contributed by atoms with E-state index in [9.17, 15) is 9.59 Å². The summed E-state index contributed by atoms with van der Waals surface area (Å²) in [6, 6.07) is 7.52. The number of amides is 2. The molecule has 0 spiro atoms. The summed E-state index contributed by atoms with van der Waals surface area (Å²) in [4.78, 5) is 24.1. The Morgan fingerprint density at radius 3 is 2.41 bits per heavy atom. The molecule has 2 amide bonds. The van der Waals surface area contributed by atoms with Gasteiger partial charge < -0.3 is 5.73 Å². The van der Waals surface area contributed by atoms with Crippen molar-refractivity contribution in [2.24, 2.45) is 0 Å². The molecule has 1 aliphatic rings. The van der Waals surface area contributed by atoms with Gasteiger partial charge in [-0.15, -0.1) is 0 Å². The molecule has 0 saturated carbocycles. The minimum atomic E-state index is -0.576. The summed E-state index contributed by atoms with van der Waals surface area (Å²) in [5, 5.41) is 2.53. The summed E-state index contributed by atoms with van der Waals surface area (Å²) in [5.41, 5.74) is 6.84. The lowest BCUT2D eigenvalue weighted by atomic mass is 9.70. The van der Waals surface area contributed by atoms with E-state index in [1.807, 2.05) is 24.3 Å². The number of carbonyl (C=O) groups excluding carboxylic acids is 2. The number of hydrogen-bond donors (Lipinski definition) is 2. The van der Waals surface area contributed by atoms with Crippen LogP contribution in [-0.4, -0.2) is 11.8 Å². The molecule has 0 aliphatic carbocycles. The molecule has 0 unspecified atom stereocenters. The van der Waals surface area contributed by atoms with Crippen molar-refractivity contribution >= 4 is 17.5 Å². The number of carbonyl (C=O) groups is 2. The summed E-state index contributed by atoms with van der Waals surface area (Å²) < 4.78 is 0. The van der Waals surface area contributed by atoms with E-state index in [0.29, 0.717) is 18.5 Å². The Balaban J connectivity index is 2.15. The van der Waals surface area contributed by atoms with Crippen molar-refractivity contribution in [1.82, 2.24) is 5.32 Å². The Morgan fingerprint density at radius 1 is 1.09 bits per heavy atom. The fourth-order valence-corrected chi connectivity index (χ4v) is 3.24. The van der Waals surface area contributed by atoms with Gasteiger partial charge in [-0.05, 0) is 30.5 Å². The first-order valence-electron chi connectivity index (χ1n) is 8.29. The maximum Gasteiger partial charge on any atom is 0.237 e. The highest BCUT2D eigenvalue weighted by atomic mass is 16.2. The lowest BCUT2D eigenvalue weighted by Crippen LogP contribution is -2.51. The lowest BCUT2D eigenvalue weighted by molar-refractivity contribution is -0.138. The van der Waals surface area contributed by atoms with Gasteiger partial charge in [-0.3, -0.25) is 14.9 Å². The highest BCUT2D eigenvalue weighted by Crippen LogP contribution is 2.38. The van der Waals surface area contributed by atoms with Crippen LogP contribution in [0.15, 0.2) is 24.3 Å². The monoisotopic (exact) mass is 302 g/mol. The number of nitrogens with one attached hydrogen (secondary N) is 1. The van der Waals surface area contributed by atoms with Crippen LogP contribution in [0, 0.1) is 0 Å². The third-order valence-corrected chi connectivity index (χ3v) is 4.64. The molecular formula is C18H26N2O2. The maximum absolute atomic E-state index is 12.6. The Morgan fingerprint density at radius 2 is 1.77 bits per heavy atom. The molecule has 0 aromatic heterocycles. The molecule has 1 aliphatic heterocycles. The van der Waals surface area contributed by atoms with Gasteiger partial charge in [0, 0.05) is 12.1 Å². The average molecular weight is 302 g/mol. The molecule has 2 rings (SSSR count). The fourth-order valence-electron chi connectivity index (χ4n) is 3.24. The molecule has 1 atom stereocenters. The topological polar surface area (TPSA) is 72.2 Å². The molecule has 1 saturated heterocycles. The summed E-state index contributed by atoms with van der Waals surface area (Å²) in [6.45, 7) is 2.19. The molecule has 4 heteroatoms. The largest absolute Gasteiger partial charge is 0.399 e. The lowest BCUT2D eigenvalue weighted by Gasteiger charge is -2.36. The van der Waals surface area contributed by atoms with Gasteiger partial charge >= 0.3 is 0 Å². The van der Waals surface area contributed by atoms with Crippen LogP contribution in [0.2, 0.25) is 0 Å². The maximum atomic E-state index is 12.6. The molecule has 1 aromatic rings. The minimum absolute atomic E-state index is 0.149. The zero-order valence-corrected chi connectivity index (χ0v) is 13.4. The molecule has 0 bridgehead atoms. The molecule has 22 heavy (non-hydrogen) atoms. The molecular weight excluding hydrogens is 276 g/mol. The highest BCUT2D eigenvalue weighted by molar-refractivity contribution is 6.03. The van der Waals surface area contributed by atoms with Gasteiger partial charge in [0.25, 0.3) is 0 Å². The van der Waals surface area contributed by atoms with Gasteiger partial charge in [-0.1, -0.05) is 51.2 Å². The van der Waals surface area contributed by atoms with Crippen LogP contribution in [-0.2, 0) is 15.0 Å². The number of anilines is 1. The van der Waals surface area contributed by atoms with Gasteiger partial charge in [0.15, 0.2) is 0 Å². The quantitative estimate of drug-likeness (QED) is 0.461. The van der Waals surface area contributed by atoms with E-state index in [1.165, 1.54) is 19.3 Å². The van der Waals surface area contributed by atoms with E-state index in [0.717, 1.165) is 24.8 Å². The van der Waals surface area contributed by atoms with E-state index >= 15 is 0 Å². The van der Waals surface area contributed by atoms with Crippen molar-refractivity contribution < 1.29 is 9.59 Å². The van der Waals surface area contributed by atoms with Crippen LogP contribution in [0.1, 0.15) is 63.9 Å². The van der Waals surface area contributed by atoms with E-state index in [1.54, 1.807) is 0 Å². The number of benzene rings is 1. The van der Waals surface area contributed by atoms with E-state index in [4.69, 9.17) is 5.73 Å². The van der Waals surface area contributed by atoms with Gasteiger partial charge in [0.1, 0.15) is 0 Å². The van der Waals surface area contributed by atoms with E-state index in [2.05, 4.69) is 12.2 Å². The number of nitrogens with two attached hydrogens (primary N) is 1. The third-order valence-electron chi connectivity index (χ3n) is 4.64. The van der Waals surface area contributed by atoms with Gasteiger partial charge in [0.2, 0.25) is 11.8 Å². The zero-order chi connectivity index (χ0) is 16.0. The van der Waals surface area contributed by atoms with Crippen LogP contribution in [0.5, 0.6) is 0 Å². The normalized spacial score (nSPS) is 21.7. The van der Waals surface area contributed by atoms with Gasteiger partial charge in [0.05, 0.1) is 5.41 Å². The first kappa shape index (κ1) is 16.5. The molecule has 1 heterocycles. The number of hydrogen-bond acceptors (Lipinski definition) is 3. The van der Waals surface area contributed by atoms with Crippen LogP contribution >= 0.6 is 0 Å². The second-order valence-corrected chi connectivity index (χ2v) is 6.25. The van der Waals surface area contributed by atoms with Crippen molar-refractivity contribution in [2.45, 2.75) is 63.7 Å². The third kappa shape index (κ3) is 3.67. The summed E-state index contributed by atoms with van der Waals surface area (Å²) in [7, 11) is 0.